The van der Waals surface area contributed by atoms with Crippen LogP contribution < -0.4 is 10.1 Å². The third kappa shape index (κ3) is 10.2. The highest BCUT2D eigenvalue weighted by Gasteiger charge is 2.42. The predicted molar refractivity (Wildman–Crippen MR) is 250 cm³/mol. The van der Waals surface area contributed by atoms with Crippen molar-refractivity contribution in [2.24, 2.45) is 0 Å². The summed E-state index contributed by atoms with van der Waals surface area (Å²) in [5, 5.41) is 4.17. The highest BCUT2D eigenvalue weighted by molar-refractivity contribution is 6.74. The lowest BCUT2D eigenvalue weighted by molar-refractivity contribution is 0.00441. The van der Waals surface area contributed by atoms with Gasteiger partial charge in [-0.05, 0) is 79.8 Å². The Balaban J connectivity index is 1.15. The average Bonchev–Trinajstić information content (AvgIpc) is 3.13. The third-order valence-corrected chi connectivity index (χ3v) is 22.9. The van der Waals surface area contributed by atoms with Gasteiger partial charge in [-0.1, -0.05) is 95.1 Å². The van der Waals surface area contributed by atoms with E-state index in [1.165, 1.54) is 5.56 Å². The van der Waals surface area contributed by atoms with Gasteiger partial charge in [-0.15, -0.1) is 0 Å². The molecule has 0 spiro atoms. The van der Waals surface area contributed by atoms with E-state index in [1.54, 1.807) is 19.4 Å². The topological polar surface area (TPSA) is 102 Å². The fourth-order valence-electron chi connectivity index (χ4n) is 7.44. The Kier molecular flexibility index (Phi) is 13.8. The maximum absolute atomic E-state index is 13.8. The van der Waals surface area contributed by atoms with Crippen LogP contribution in [0.5, 0.6) is 5.88 Å². The number of methoxy groups -OCH3 is 1. The molecule has 2 aliphatic rings. The van der Waals surface area contributed by atoms with Gasteiger partial charge in [-0.2, -0.15) is 0 Å². The molecule has 4 heterocycles. The van der Waals surface area contributed by atoms with E-state index in [2.05, 4.69) is 96.7 Å². The number of rotatable bonds is 13. The Morgan fingerprint density at radius 1 is 0.917 bits per heavy atom. The van der Waals surface area contributed by atoms with Gasteiger partial charge >= 0.3 is 0 Å². The van der Waals surface area contributed by atoms with Crippen LogP contribution in [0.25, 0.3) is 22.4 Å². The number of amides is 1. The van der Waals surface area contributed by atoms with Crippen molar-refractivity contribution in [3.05, 3.63) is 86.9 Å². The van der Waals surface area contributed by atoms with Crippen molar-refractivity contribution in [2.75, 3.05) is 38.6 Å². The number of anilines is 1. The molecule has 10 nitrogen and oxygen atoms in total. The largest absolute Gasteiger partial charge is 0.480 e. The summed E-state index contributed by atoms with van der Waals surface area (Å²) in [6.45, 7) is 31.7. The summed E-state index contributed by atoms with van der Waals surface area (Å²) in [4.78, 5) is 33.1. The molecule has 1 atom stereocenters. The van der Waals surface area contributed by atoms with Crippen LogP contribution in [-0.4, -0.2) is 92.8 Å². The van der Waals surface area contributed by atoms with Crippen LogP contribution in [0, 0.1) is 6.92 Å². The van der Waals surface area contributed by atoms with Crippen molar-refractivity contribution < 1.29 is 18.4 Å². The smallest absolute Gasteiger partial charge is 0.274 e. The SMILES string of the molecule is COc1nc(-c2cccc(-c3cccc(NC(=O)c4cc(C)c5c(n4)CN(CC(C)O[Si](C)(C)C(C)(C)C)CC5)c3Cl)c2Cl)cnc1CN1CC(O[Si](C)(C)C(C)(C)C)C1. The summed E-state index contributed by atoms with van der Waals surface area (Å²) in [6, 6.07) is 13.1. The molecule has 2 aromatic carbocycles. The zero-order valence-electron chi connectivity index (χ0n) is 37.8. The normalized spacial score (nSPS) is 16.3. The first-order chi connectivity index (χ1) is 28.0. The van der Waals surface area contributed by atoms with Crippen LogP contribution in [-0.2, 0) is 28.4 Å². The number of halogens is 2. The molecule has 0 bridgehead atoms. The van der Waals surface area contributed by atoms with Gasteiger partial charge in [0.2, 0.25) is 5.88 Å². The summed E-state index contributed by atoms with van der Waals surface area (Å²) in [7, 11) is -2.12. The van der Waals surface area contributed by atoms with E-state index in [4.69, 9.17) is 51.7 Å². The summed E-state index contributed by atoms with van der Waals surface area (Å²) in [6.07, 6.45) is 2.95. The number of pyridine rings is 1. The van der Waals surface area contributed by atoms with Crippen molar-refractivity contribution in [3.63, 3.8) is 0 Å². The van der Waals surface area contributed by atoms with Crippen molar-refractivity contribution in [3.8, 4) is 28.3 Å². The van der Waals surface area contributed by atoms with Gasteiger partial charge in [0.25, 0.3) is 5.91 Å². The quantitative estimate of drug-likeness (QED) is 0.131. The molecule has 1 unspecified atom stereocenters. The maximum atomic E-state index is 13.8. The Labute approximate surface area is 370 Å². The number of carbonyl (C=O) groups is 1. The fraction of sp³-hybridized carbons (Fsp3) is 0.522. The van der Waals surface area contributed by atoms with Gasteiger partial charge in [0.15, 0.2) is 16.6 Å². The highest BCUT2D eigenvalue weighted by Crippen LogP contribution is 2.42. The molecule has 60 heavy (non-hydrogen) atoms. The zero-order valence-corrected chi connectivity index (χ0v) is 41.4. The van der Waals surface area contributed by atoms with Gasteiger partial charge in [0, 0.05) is 56.0 Å². The Morgan fingerprint density at radius 3 is 2.20 bits per heavy atom. The van der Waals surface area contributed by atoms with Gasteiger partial charge in [-0.3, -0.25) is 19.6 Å². The van der Waals surface area contributed by atoms with E-state index in [-0.39, 0.29) is 28.2 Å². The lowest BCUT2D eigenvalue weighted by Crippen LogP contribution is -2.57. The molecule has 324 valence electrons. The molecule has 0 radical (unpaired) electrons. The molecule has 1 amide bonds. The number of fused-ring (bicyclic) bond motifs is 1. The van der Waals surface area contributed by atoms with E-state index in [0.717, 1.165) is 49.6 Å². The maximum Gasteiger partial charge on any atom is 0.274 e. The monoisotopic (exact) mass is 890 g/mol. The van der Waals surface area contributed by atoms with Crippen molar-refractivity contribution in [1.82, 2.24) is 24.8 Å². The van der Waals surface area contributed by atoms with Crippen molar-refractivity contribution >= 4 is 51.4 Å². The highest BCUT2D eigenvalue weighted by atomic mass is 35.5. The molecule has 0 saturated carbocycles. The number of hydrogen-bond acceptors (Lipinski definition) is 9. The zero-order chi connectivity index (χ0) is 43.9. The molecule has 1 saturated heterocycles. The molecule has 1 N–H and O–H groups in total. The lowest BCUT2D eigenvalue weighted by Gasteiger charge is -2.46. The molecule has 4 aromatic rings. The number of hydrogen-bond donors (Lipinski definition) is 1. The lowest BCUT2D eigenvalue weighted by atomic mass is 9.98. The Morgan fingerprint density at radius 2 is 1.55 bits per heavy atom. The first kappa shape index (κ1) is 46.3. The number of likely N-dealkylation sites (tertiary alicyclic amines) is 1. The van der Waals surface area contributed by atoms with E-state index in [1.807, 2.05) is 36.4 Å². The second-order valence-electron chi connectivity index (χ2n) is 19.6. The fourth-order valence-corrected chi connectivity index (χ4v) is 10.8. The first-order valence-electron chi connectivity index (χ1n) is 21.1. The van der Waals surface area contributed by atoms with Crippen molar-refractivity contribution in [2.45, 2.75) is 123 Å². The molecule has 6 rings (SSSR count). The van der Waals surface area contributed by atoms with Crippen LogP contribution >= 0.6 is 23.2 Å². The molecular formula is C46H64Cl2N6O4Si2. The number of ether oxygens (including phenoxy) is 1. The summed E-state index contributed by atoms with van der Waals surface area (Å²) in [5.74, 6) is 0.125. The number of nitrogens with one attached hydrogen (secondary N) is 1. The van der Waals surface area contributed by atoms with E-state index in [9.17, 15) is 4.79 Å². The first-order valence-corrected chi connectivity index (χ1v) is 27.6. The van der Waals surface area contributed by atoms with Gasteiger partial charge in [0.1, 0.15) is 11.4 Å². The Bertz CT molecular complexity index is 2220. The molecule has 2 aromatic heterocycles. The summed E-state index contributed by atoms with van der Waals surface area (Å²) < 4.78 is 19.0. The third-order valence-electron chi connectivity index (χ3n) is 12.9. The second kappa shape index (κ2) is 17.9. The van der Waals surface area contributed by atoms with E-state index < -0.39 is 16.6 Å². The molecule has 0 aliphatic carbocycles. The minimum Gasteiger partial charge on any atom is -0.480 e. The average molecular weight is 892 g/mol. The number of carbonyl (C=O) groups excluding carboxylic acids is 1. The summed E-state index contributed by atoms with van der Waals surface area (Å²) in [5.41, 5.74) is 7.41. The molecule has 2 aliphatic heterocycles. The standard InChI is InChI=1S/C46H64Cl2N6O4Si2/c1-29-22-37(50-39-27-53(21-20-32(29)39)24-30(2)57-59(10,11)45(3,4)5)43(55)51-36-19-15-17-34(42(36)48)33-16-14-18-35(41(33)47)38-23-49-40(44(52-38)56-9)28-54-25-31(26-54)58-60(12,13)46(6,7)8/h14-19,22-23,30-31H,20-21,24-28H2,1-13H3,(H,51,55). The molecule has 14 heteroatoms. The molecule has 1 fully saturated rings. The predicted octanol–water partition coefficient (Wildman–Crippen LogP) is 11.1. The minimum atomic E-state index is -1.89. The number of nitrogens with zero attached hydrogens (tertiary/aromatic N) is 5. The van der Waals surface area contributed by atoms with Crippen LogP contribution in [0.1, 0.15) is 81.5 Å². The van der Waals surface area contributed by atoms with Crippen molar-refractivity contribution in [1.29, 1.82) is 0 Å². The number of benzene rings is 2. The van der Waals surface area contributed by atoms with Crippen LogP contribution in [0.2, 0.25) is 46.3 Å². The summed E-state index contributed by atoms with van der Waals surface area (Å²) >= 11 is 14.2. The van der Waals surface area contributed by atoms with Gasteiger partial charge in [-0.25, -0.2) is 9.97 Å². The van der Waals surface area contributed by atoms with Gasteiger partial charge < -0.3 is 18.9 Å². The second-order valence-corrected chi connectivity index (χ2v) is 29.9. The molecular weight excluding hydrogens is 828 g/mol. The van der Waals surface area contributed by atoms with Crippen LogP contribution in [0.4, 0.5) is 5.69 Å². The van der Waals surface area contributed by atoms with Gasteiger partial charge in [0.05, 0.1) is 52.6 Å². The van der Waals surface area contributed by atoms with E-state index >= 15 is 0 Å². The van der Waals surface area contributed by atoms with Crippen LogP contribution in [0.3, 0.4) is 0 Å². The number of aromatic nitrogens is 3. The Hall–Kier alpha value is -3.21. The van der Waals surface area contributed by atoms with Crippen LogP contribution in [0.15, 0.2) is 48.7 Å². The van der Waals surface area contributed by atoms with E-state index in [0.29, 0.717) is 62.8 Å². The number of aryl methyl sites for hydroxylation is 1. The minimum absolute atomic E-state index is 0.0994.